The molecule has 0 bridgehead atoms. The number of nitriles is 1. The highest BCUT2D eigenvalue weighted by Gasteiger charge is 2.14. The van der Waals surface area contributed by atoms with Crippen molar-refractivity contribution < 1.29 is 4.79 Å². The minimum Gasteiger partial charge on any atom is -0.323 e. The molecule has 8 heteroatoms. The first-order valence-corrected chi connectivity index (χ1v) is 7.14. The van der Waals surface area contributed by atoms with Crippen LogP contribution < -0.4 is 16.6 Å². The fraction of sp³-hybridized carbons (Fsp3) is 0.200. The number of nitrogens with one attached hydrogen (secondary N) is 1. The van der Waals surface area contributed by atoms with Gasteiger partial charge < -0.3 is 5.32 Å². The number of para-hydroxylation sites is 1. The summed E-state index contributed by atoms with van der Waals surface area (Å²) in [6.45, 7) is 1.47. The SMILES string of the molecule is CCn1cc(C#N)c(=O)n(CC(=O)Nc2ccccc2Cl)c1=O. The number of anilines is 1. The summed E-state index contributed by atoms with van der Waals surface area (Å²) in [7, 11) is 0. The van der Waals surface area contributed by atoms with Crippen LogP contribution in [0.2, 0.25) is 5.02 Å². The van der Waals surface area contributed by atoms with Gasteiger partial charge in [0.15, 0.2) is 0 Å². The quantitative estimate of drug-likeness (QED) is 0.909. The van der Waals surface area contributed by atoms with Crippen molar-refractivity contribution in [2.75, 3.05) is 5.32 Å². The van der Waals surface area contributed by atoms with E-state index in [0.29, 0.717) is 10.7 Å². The van der Waals surface area contributed by atoms with E-state index < -0.39 is 23.7 Å². The molecule has 0 radical (unpaired) electrons. The third kappa shape index (κ3) is 3.49. The van der Waals surface area contributed by atoms with Crippen LogP contribution in [-0.2, 0) is 17.9 Å². The maximum absolute atomic E-state index is 12.2. The normalized spacial score (nSPS) is 10.1. The van der Waals surface area contributed by atoms with E-state index in [0.717, 1.165) is 4.57 Å². The molecule has 1 aromatic carbocycles. The van der Waals surface area contributed by atoms with Crippen molar-refractivity contribution in [2.45, 2.75) is 20.0 Å². The fourth-order valence-corrected chi connectivity index (χ4v) is 2.18. The highest BCUT2D eigenvalue weighted by atomic mass is 35.5. The zero-order valence-corrected chi connectivity index (χ0v) is 13.0. The molecule has 0 aliphatic heterocycles. The molecule has 1 N–H and O–H groups in total. The van der Waals surface area contributed by atoms with Crippen LogP contribution in [-0.4, -0.2) is 15.0 Å². The van der Waals surface area contributed by atoms with Crippen LogP contribution in [0.1, 0.15) is 12.5 Å². The summed E-state index contributed by atoms with van der Waals surface area (Å²) in [5.41, 5.74) is -1.27. The first kappa shape index (κ1) is 16.5. The number of carbonyl (C=O) groups excluding carboxylic acids is 1. The minimum absolute atomic E-state index is 0.197. The molecule has 2 aromatic rings. The van der Waals surface area contributed by atoms with Crippen LogP contribution in [0.4, 0.5) is 5.69 Å². The maximum Gasteiger partial charge on any atom is 0.331 e. The van der Waals surface area contributed by atoms with E-state index in [2.05, 4.69) is 5.32 Å². The lowest BCUT2D eigenvalue weighted by molar-refractivity contribution is -0.116. The Morgan fingerprint density at radius 2 is 2.04 bits per heavy atom. The highest BCUT2D eigenvalue weighted by Crippen LogP contribution is 2.20. The smallest absolute Gasteiger partial charge is 0.323 e. The van der Waals surface area contributed by atoms with Crippen molar-refractivity contribution in [1.29, 1.82) is 5.26 Å². The van der Waals surface area contributed by atoms with Crippen LogP contribution in [0, 0.1) is 11.3 Å². The topological polar surface area (TPSA) is 96.9 Å². The van der Waals surface area contributed by atoms with Gasteiger partial charge >= 0.3 is 5.69 Å². The molecule has 0 aliphatic rings. The van der Waals surface area contributed by atoms with Crippen LogP contribution in [0.3, 0.4) is 0 Å². The predicted octanol–water partition coefficient (Wildman–Crippen LogP) is 1.19. The molecular weight excluding hydrogens is 320 g/mol. The van der Waals surface area contributed by atoms with Crippen LogP contribution in [0.5, 0.6) is 0 Å². The second-order valence-electron chi connectivity index (χ2n) is 4.64. The van der Waals surface area contributed by atoms with Gasteiger partial charge in [0.05, 0.1) is 10.7 Å². The Balaban J connectivity index is 2.35. The van der Waals surface area contributed by atoms with Crippen molar-refractivity contribution in [1.82, 2.24) is 9.13 Å². The molecule has 0 aliphatic carbocycles. The van der Waals surface area contributed by atoms with Gasteiger partial charge in [-0.1, -0.05) is 23.7 Å². The summed E-state index contributed by atoms with van der Waals surface area (Å²) in [5.74, 6) is -0.588. The number of amides is 1. The Bertz CT molecular complexity index is 908. The number of carbonyl (C=O) groups is 1. The number of rotatable bonds is 4. The Labute approximate surface area is 136 Å². The molecule has 0 spiro atoms. The van der Waals surface area contributed by atoms with E-state index in [1.165, 1.54) is 10.8 Å². The van der Waals surface area contributed by atoms with Gasteiger partial charge in [-0.25, -0.2) is 9.36 Å². The second-order valence-corrected chi connectivity index (χ2v) is 5.05. The summed E-state index contributed by atoms with van der Waals surface area (Å²) >= 11 is 5.94. The number of aryl methyl sites for hydroxylation is 1. The standard InChI is InChI=1S/C15H13ClN4O3/c1-2-19-8-10(7-17)14(22)20(15(19)23)9-13(21)18-12-6-4-3-5-11(12)16/h3-6,8H,2,9H2,1H3,(H,18,21). The second kappa shape index (κ2) is 6.94. The molecule has 0 unspecified atom stereocenters. The van der Waals surface area contributed by atoms with Gasteiger partial charge in [-0.3, -0.25) is 14.2 Å². The molecule has 0 atom stereocenters. The lowest BCUT2D eigenvalue weighted by Gasteiger charge is -2.10. The zero-order chi connectivity index (χ0) is 17.0. The molecule has 2 rings (SSSR count). The van der Waals surface area contributed by atoms with Gasteiger partial charge in [0.1, 0.15) is 18.2 Å². The third-order valence-electron chi connectivity index (χ3n) is 3.15. The average molecular weight is 333 g/mol. The number of hydrogen-bond donors (Lipinski definition) is 1. The Kier molecular flexibility index (Phi) is 4.98. The monoisotopic (exact) mass is 332 g/mol. The summed E-state index contributed by atoms with van der Waals surface area (Å²) in [6.07, 6.45) is 1.19. The first-order chi connectivity index (χ1) is 11.0. The van der Waals surface area contributed by atoms with Crippen LogP contribution >= 0.6 is 11.6 Å². The fourth-order valence-electron chi connectivity index (χ4n) is 1.99. The molecule has 0 fully saturated rings. The van der Waals surface area contributed by atoms with E-state index in [9.17, 15) is 14.4 Å². The molecule has 23 heavy (non-hydrogen) atoms. The highest BCUT2D eigenvalue weighted by molar-refractivity contribution is 6.33. The molecule has 0 saturated heterocycles. The first-order valence-electron chi connectivity index (χ1n) is 6.76. The van der Waals surface area contributed by atoms with Gasteiger partial charge in [-0.15, -0.1) is 0 Å². The summed E-state index contributed by atoms with van der Waals surface area (Å²) < 4.78 is 1.93. The molecular formula is C15H13ClN4O3. The Morgan fingerprint density at radius 3 is 2.65 bits per heavy atom. The van der Waals surface area contributed by atoms with E-state index in [1.807, 2.05) is 0 Å². The number of hydrogen-bond acceptors (Lipinski definition) is 4. The van der Waals surface area contributed by atoms with Crippen molar-refractivity contribution >= 4 is 23.2 Å². The number of halogens is 1. The largest absolute Gasteiger partial charge is 0.331 e. The lowest BCUT2D eigenvalue weighted by Crippen LogP contribution is -2.43. The summed E-state index contributed by atoms with van der Waals surface area (Å²) in [6, 6.07) is 8.32. The summed E-state index contributed by atoms with van der Waals surface area (Å²) in [4.78, 5) is 36.3. The zero-order valence-electron chi connectivity index (χ0n) is 12.2. The van der Waals surface area contributed by atoms with E-state index >= 15 is 0 Å². The van der Waals surface area contributed by atoms with E-state index in [1.54, 1.807) is 37.3 Å². The van der Waals surface area contributed by atoms with E-state index in [4.69, 9.17) is 16.9 Å². The van der Waals surface area contributed by atoms with Crippen molar-refractivity contribution in [3.8, 4) is 6.07 Å². The maximum atomic E-state index is 12.2. The Morgan fingerprint density at radius 1 is 1.35 bits per heavy atom. The summed E-state index contributed by atoms with van der Waals surface area (Å²) in [5, 5.41) is 11.8. The van der Waals surface area contributed by atoms with Crippen molar-refractivity contribution in [3.05, 3.63) is 61.9 Å². The molecule has 1 amide bonds. The molecule has 118 valence electrons. The van der Waals surface area contributed by atoms with Gasteiger partial charge in [0.25, 0.3) is 5.56 Å². The van der Waals surface area contributed by atoms with E-state index in [-0.39, 0.29) is 12.1 Å². The van der Waals surface area contributed by atoms with Crippen molar-refractivity contribution in [2.24, 2.45) is 0 Å². The third-order valence-corrected chi connectivity index (χ3v) is 3.48. The predicted molar refractivity (Wildman–Crippen MR) is 85.4 cm³/mol. The average Bonchev–Trinajstić information content (AvgIpc) is 2.54. The number of aromatic nitrogens is 2. The van der Waals surface area contributed by atoms with Gasteiger partial charge in [0.2, 0.25) is 5.91 Å². The minimum atomic E-state index is -0.795. The lowest BCUT2D eigenvalue weighted by atomic mass is 10.3. The molecule has 7 nitrogen and oxygen atoms in total. The molecule has 1 heterocycles. The molecule has 0 saturated carbocycles. The Hall–Kier alpha value is -2.85. The van der Waals surface area contributed by atoms with Crippen LogP contribution in [0.15, 0.2) is 40.1 Å². The number of nitrogens with zero attached hydrogens (tertiary/aromatic N) is 3. The molecule has 1 aromatic heterocycles. The van der Waals surface area contributed by atoms with Gasteiger partial charge in [0, 0.05) is 12.7 Å². The number of benzene rings is 1. The van der Waals surface area contributed by atoms with Gasteiger partial charge in [-0.05, 0) is 19.1 Å². The van der Waals surface area contributed by atoms with Crippen molar-refractivity contribution in [3.63, 3.8) is 0 Å². The van der Waals surface area contributed by atoms with Gasteiger partial charge in [-0.2, -0.15) is 5.26 Å². The van der Waals surface area contributed by atoms with Crippen LogP contribution in [0.25, 0.3) is 0 Å².